The molecular formula is C12H7BrOS. The van der Waals surface area contributed by atoms with Gasteiger partial charge in [0.1, 0.15) is 0 Å². The Hall–Kier alpha value is -0.930. The Bertz CT molecular complexity index is 578. The first-order valence-electron chi connectivity index (χ1n) is 4.59. The van der Waals surface area contributed by atoms with Crippen molar-refractivity contribution in [1.82, 2.24) is 0 Å². The highest BCUT2D eigenvalue weighted by Gasteiger charge is 2.26. The fraction of sp³-hybridized carbons (Fsp3) is 0. The van der Waals surface area contributed by atoms with E-state index >= 15 is 0 Å². The van der Waals surface area contributed by atoms with E-state index in [1.54, 1.807) is 0 Å². The van der Waals surface area contributed by atoms with Crippen LogP contribution in [0, 0.1) is 0 Å². The fourth-order valence-electron chi connectivity index (χ4n) is 1.87. The van der Waals surface area contributed by atoms with E-state index in [0.717, 1.165) is 25.4 Å². The van der Waals surface area contributed by atoms with Crippen LogP contribution >= 0.6 is 15.9 Å². The van der Waals surface area contributed by atoms with Crippen LogP contribution in [-0.4, -0.2) is 4.21 Å². The summed E-state index contributed by atoms with van der Waals surface area (Å²) in [5.41, 5.74) is 2.16. The lowest BCUT2D eigenvalue weighted by molar-refractivity contribution is 0.685. The Balaban J connectivity index is 2.45. The maximum atomic E-state index is 12.1. The zero-order chi connectivity index (χ0) is 10.4. The van der Waals surface area contributed by atoms with E-state index in [9.17, 15) is 4.21 Å². The Morgan fingerprint density at radius 3 is 2.53 bits per heavy atom. The van der Waals surface area contributed by atoms with Crippen molar-refractivity contribution in [2.45, 2.75) is 9.79 Å². The Labute approximate surface area is 98.7 Å². The number of hydrogen-bond donors (Lipinski definition) is 0. The summed E-state index contributed by atoms with van der Waals surface area (Å²) in [5.74, 6) is 0. The molecule has 2 aromatic rings. The lowest BCUT2D eigenvalue weighted by Crippen LogP contribution is -1.84. The molecule has 1 aliphatic heterocycles. The maximum Gasteiger partial charge on any atom is 0.0862 e. The van der Waals surface area contributed by atoms with Crippen LogP contribution in [0.3, 0.4) is 0 Å². The molecule has 0 aliphatic carbocycles. The third-order valence-corrected chi connectivity index (χ3v) is 4.69. The normalized spacial score (nSPS) is 17.3. The van der Waals surface area contributed by atoms with Crippen molar-refractivity contribution < 1.29 is 4.21 Å². The molecule has 0 N–H and O–H groups in total. The third-order valence-electron chi connectivity index (χ3n) is 2.53. The van der Waals surface area contributed by atoms with E-state index in [2.05, 4.69) is 15.9 Å². The Kier molecular flexibility index (Phi) is 2.04. The van der Waals surface area contributed by atoms with Crippen molar-refractivity contribution in [3.05, 3.63) is 46.9 Å². The summed E-state index contributed by atoms with van der Waals surface area (Å²) in [7, 11) is -1.01. The van der Waals surface area contributed by atoms with Crippen molar-refractivity contribution in [3.8, 4) is 11.1 Å². The van der Waals surface area contributed by atoms with Gasteiger partial charge in [-0.15, -0.1) is 0 Å². The zero-order valence-corrected chi connectivity index (χ0v) is 10.1. The summed E-state index contributed by atoms with van der Waals surface area (Å²) < 4.78 is 13.1. The predicted octanol–water partition coefficient (Wildman–Crippen LogP) is 3.60. The Morgan fingerprint density at radius 2 is 1.67 bits per heavy atom. The molecule has 0 saturated heterocycles. The van der Waals surface area contributed by atoms with Crippen molar-refractivity contribution in [1.29, 1.82) is 0 Å². The number of halogens is 1. The van der Waals surface area contributed by atoms with Crippen LogP contribution in [-0.2, 0) is 10.8 Å². The summed E-state index contributed by atoms with van der Waals surface area (Å²) in [5, 5.41) is 0. The first-order chi connectivity index (χ1) is 7.29. The van der Waals surface area contributed by atoms with E-state index in [1.807, 2.05) is 42.5 Å². The van der Waals surface area contributed by atoms with Gasteiger partial charge in [0.2, 0.25) is 0 Å². The standard InChI is InChI=1S/C12H7BrOS/c13-9-5-3-7-11-12(9)8-4-1-2-6-10(8)15(11)14/h1-7H. The summed E-state index contributed by atoms with van der Waals surface area (Å²) in [6.07, 6.45) is 0. The largest absolute Gasteiger partial charge is 0.249 e. The van der Waals surface area contributed by atoms with Crippen LogP contribution < -0.4 is 0 Å². The van der Waals surface area contributed by atoms with Crippen LogP contribution in [0.25, 0.3) is 11.1 Å². The maximum absolute atomic E-state index is 12.1. The van der Waals surface area contributed by atoms with Crippen LogP contribution in [0.15, 0.2) is 56.7 Å². The highest BCUT2D eigenvalue weighted by Crippen LogP contribution is 2.44. The van der Waals surface area contributed by atoms with E-state index in [0.29, 0.717) is 0 Å². The SMILES string of the molecule is O=S1c2ccccc2-c2c(Br)cccc21. The number of fused-ring (bicyclic) bond motifs is 3. The second-order valence-electron chi connectivity index (χ2n) is 3.38. The highest BCUT2D eigenvalue weighted by atomic mass is 79.9. The van der Waals surface area contributed by atoms with Gasteiger partial charge in [0, 0.05) is 15.6 Å². The monoisotopic (exact) mass is 278 g/mol. The van der Waals surface area contributed by atoms with Gasteiger partial charge in [-0.2, -0.15) is 0 Å². The smallest absolute Gasteiger partial charge is 0.0862 e. The molecule has 1 aliphatic rings. The summed E-state index contributed by atoms with van der Waals surface area (Å²) in [6.45, 7) is 0. The van der Waals surface area contributed by atoms with E-state index < -0.39 is 10.8 Å². The van der Waals surface area contributed by atoms with Gasteiger partial charge < -0.3 is 0 Å². The lowest BCUT2D eigenvalue weighted by atomic mass is 10.1. The van der Waals surface area contributed by atoms with Crippen molar-refractivity contribution >= 4 is 26.7 Å². The summed E-state index contributed by atoms with van der Waals surface area (Å²) in [6, 6.07) is 13.7. The van der Waals surface area contributed by atoms with Gasteiger partial charge in [0.25, 0.3) is 0 Å². The van der Waals surface area contributed by atoms with Gasteiger partial charge in [-0.25, -0.2) is 4.21 Å². The van der Waals surface area contributed by atoms with E-state index in [-0.39, 0.29) is 0 Å². The first-order valence-corrected chi connectivity index (χ1v) is 6.53. The van der Waals surface area contributed by atoms with Gasteiger partial charge in [-0.1, -0.05) is 40.2 Å². The fourth-order valence-corrected chi connectivity index (χ4v) is 4.00. The molecule has 3 heteroatoms. The van der Waals surface area contributed by atoms with Gasteiger partial charge in [0.05, 0.1) is 20.6 Å². The molecule has 2 aromatic carbocycles. The van der Waals surface area contributed by atoms with Gasteiger partial charge in [-0.3, -0.25) is 0 Å². The average Bonchev–Trinajstić information content (AvgIpc) is 2.55. The van der Waals surface area contributed by atoms with Gasteiger partial charge >= 0.3 is 0 Å². The molecule has 1 atom stereocenters. The van der Waals surface area contributed by atoms with Gasteiger partial charge in [0.15, 0.2) is 0 Å². The molecule has 0 aromatic heterocycles. The van der Waals surface area contributed by atoms with Crippen LogP contribution in [0.2, 0.25) is 0 Å². The van der Waals surface area contributed by atoms with Crippen LogP contribution in [0.1, 0.15) is 0 Å². The van der Waals surface area contributed by atoms with E-state index in [1.165, 1.54) is 0 Å². The molecule has 0 amide bonds. The molecule has 0 saturated carbocycles. The molecule has 74 valence electrons. The molecular weight excluding hydrogens is 272 g/mol. The molecule has 15 heavy (non-hydrogen) atoms. The molecule has 1 nitrogen and oxygen atoms in total. The predicted molar refractivity (Wildman–Crippen MR) is 64.3 cm³/mol. The number of benzene rings is 2. The minimum atomic E-state index is -1.01. The van der Waals surface area contributed by atoms with Crippen molar-refractivity contribution in [3.63, 3.8) is 0 Å². The quantitative estimate of drug-likeness (QED) is 0.614. The van der Waals surface area contributed by atoms with Crippen LogP contribution in [0.4, 0.5) is 0 Å². The topological polar surface area (TPSA) is 17.1 Å². The first kappa shape index (κ1) is 9.31. The molecule has 0 fully saturated rings. The number of rotatable bonds is 0. The second kappa shape index (κ2) is 3.29. The second-order valence-corrected chi connectivity index (χ2v) is 5.65. The molecule has 1 heterocycles. The lowest BCUT2D eigenvalue weighted by Gasteiger charge is -2.00. The van der Waals surface area contributed by atoms with Gasteiger partial charge in [-0.05, 0) is 18.2 Å². The zero-order valence-electron chi connectivity index (χ0n) is 7.74. The summed E-state index contributed by atoms with van der Waals surface area (Å²) >= 11 is 3.51. The molecule has 0 radical (unpaired) electrons. The van der Waals surface area contributed by atoms with Crippen LogP contribution in [0.5, 0.6) is 0 Å². The minimum absolute atomic E-state index is 0.908. The Morgan fingerprint density at radius 1 is 0.933 bits per heavy atom. The van der Waals surface area contributed by atoms with Crippen molar-refractivity contribution in [2.24, 2.45) is 0 Å². The van der Waals surface area contributed by atoms with Crippen molar-refractivity contribution in [2.75, 3.05) is 0 Å². The highest BCUT2D eigenvalue weighted by molar-refractivity contribution is 9.10. The average molecular weight is 279 g/mol. The minimum Gasteiger partial charge on any atom is -0.249 e. The molecule has 1 unspecified atom stereocenters. The molecule has 0 bridgehead atoms. The molecule has 3 rings (SSSR count). The third kappa shape index (κ3) is 1.23. The summed E-state index contributed by atoms with van der Waals surface area (Å²) in [4.78, 5) is 1.82. The number of hydrogen-bond acceptors (Lipinski definition) is 1. The van der Waals surface area contributed by atoms with E-state index in [4.69, 9.17) is 0 Å². The molecule has 0 spiro atoms.